The Hall–Kier alpha value is -3.24. The summed E-state index contributed by atoms with van der Waals surface area (Å²) in [5.41, 5.74) is 2.79. The third-order valence-corrected chi connectivity index (χ3v) is 6.50. The summed E-state index contributed by atoms with van der Waals surface area (Å²) >= 11 is 6.13. The molecule has 0 spiro atoms. The molecule has 0 aliphatic rings. The van der Waals surface area contributed by atoms with Crippen molar-refractivity contribution in [2.75, 3.05) is 17.1 Å². The molecule has 0 aliphatic carbocycles. The van der Waals surface area contributed by atoms with Crippen molar-refractivity contribution in [1.82, 2.24) is 15.4 Å². The first-order valence-electron chi connectivity index (χ1n) is 9.38. The zero-order valence-electron chi connectivity index (χ0n) is 17.0. The van der Waals surface area contributed by atoms with Crippen LogP contribution in [0.15, 0.2) is 45.8 Å². The van der Waals surface area contributed by atoms with Crippen LogP contribution in [0.4, 0.5) is 17.3 Å². The van der Waals surface area contributed by atoms with Crippen LogP contribution in [0.2, 0.25) is 5.02 Å². The molecule has 9 nitrogen and oxygen atoms in total. The van der Waals surface area contributed by atoms with Gasteiger partial charge in [-0.05, 0) is 37.1 Å². The largest absolute Gasteiger partial charge is 0.495 e. The van der Waals surface area contributed by atoms with Crippen LogP contribution in [-0.2, 0) is 16.4 Å². The van der Waals surface area contributed by atoms with Gasteiger partial charge in [0, 0.05) is 17.8 Å². The predicted molar refractivity (Wildman–Crippen MR) is 119 cm³/mol. The lowest BCUT2D eigenvalue weighted by molar-refractivity contribution is 0.417. The minimum Gasteiger partial charge on any atom is -0.495 e. The highest BCUT2D eigenvalue weighted by atomic mass is 35.5. The Morgan fingerprint density at radius 2 is 2.03 bits per heavy atom. The van der Waals surface area contributed by atoms with Gasteiger partial charge in [-0.3, -0.25) is 9.82 Å². The lowest BCUT2D eigenvalue weighted by Gasteiger charge is -2.10. The number of benzene rings is 2. The Bertz CT molecular complexity index is 1360. The first-order valence-corrected chi connectivity index (χ1v) is 11.2. The molecule has 0 unspecified atom stereocenters. The van der Waals surface area contributed by atoms with Crippen LogP contribution in [0.1, 0.15) is 18.2 Å². The van der Waals surface area contributed by atoms with Crippen molar-refractivity contribution in [2.24, 2.45) is 0 Å². The number of H-pyrrole nitrogens is 1. The van der Waals surface area contributed by atoms with Crippen molar-refractivity contribution in [2.45, 2.75) is 25.2 Å². The second kappa shape index (κ2) is 8.12. The molecule has 0 aliphatic heterocycles. The number of hydrogen-bond acceptors (Lipinski definition) is 7. The van der Waals surface area contributed by atoms with Gasteiger partial charge in [-0.1, -0.05) is 29.7 Å². The average molecular weight is 462 g/mol. The summed E-state index contributed by atoms with van der Waals surface area (Å²) in [6.07, 6.45) is 0.821. The van der Waals surface area contributed by atoms with Gasteiger partial charge in [-0.25, -0.2) is 8.42 Å². The molecular formula is C20H20ClN5O4S. The molecular weight excluding hydrogens is 442 g/mol. The van der Waals surface area contributed by atoms with Crippen LogP contribution >= 0.6 is 11.6 Å². The molecule has 2 heterocycles. The SMILES string of the molecule is CCc1cc(Nc2cc3onc(NS(=O)(=O)c4ccc(C)cc4Cl)c3cc2OC)n[nH]1. The predicted octanol–water partition coefficient (Wildman–Crippen LogP) is 4.63. The van der Waals surface area contributed by atoms with Crippen molar-refractivity contribution >= 4 is 49.9 Å². The lowest BCUT2D eigenvalue weighted by Crippen LogP contribution is -2.14. The fraction of sp³-hybridized carbons (Fsp3) is 0.200. The Labute approximate surface area is 183 Å². The van der Waals surface area contributed by atoms with Crippen LogP contribution in [0.3, 0.4) is 0 Å². The topological polar surface area (TPSA) is 122 Å². The van der Waals surface area contributed by atoms with Gasteiger partial charge in [0.25, 0.3) is 10.0 Å². The van der Waals surface area contributed by atoms with E-state index >= 15 is 0 Å². The van der Waals surface area contributed by atoms with Gasteiger partial charge < -0.3 is 14.6 Å². The molecule has 2 aromatic heterocycles. The molecule has 4 aromatic rings. The molecule has 2 aromatic carbocycles. The number of fused-ring (bicyclic) bond motifs is 1. The molecule has 4 rings (SSSR count). The van der Waals surface area contributed by atoms with Gasteiger partial charge in [-0.15, -0.1) is 0 Å². The van der Waals surface area contributed by atoms with Crippen molar-refractivity contribution in [3.8, 4) is 5.75 Å². The van der Waals surface area contributed by atoms with Crippen molar-refractivity contribution in [3.05, 3.63) is 52.7 Å². The number of nitrogens with zero attached hydrogens (tertiary/aromatic N) is 2. The van der Waals surface area contributed by atoms with Crippen LogP contribution in [-0.4, -0.2) is 30.9 Å². The number of halogens is 1. The third kappa shape index (κ3) is 4.17. The Morgan fingerprint density at radius 1 is 1.23 bits per heavy atom. The smallest absolute Gasteiger partial charge is 0.264 e. The number of sulfonamides is 1. The van der Waals surface area contributed by atoms with E-state index in [0.29, 0.717) is 28.2 Å². The van der Waals surface area contributed by atoms with Gasteiger partial charge >= 0.3 is 0 Å². The fourth-order valence-electron chi connectivity index (χ4n) is 3.06. The number of rotatable bonds is 7. The maximum absolute atomic E-state index is 12.8. The molecule has 0 amide bonds. The summed E-state index contributed by atoms with van der Waals surface area (Å²) in [5.74, 6) is 1.11. The van der Waals surface area contributed by atoms with Gasteiger partial charge in [0.05, 0.1) is 23.2 Å². The highest BCUT2D eigenvalue weighted by Gasteiger charge is 2.22. The van der Waals surface area contributed by atoms with Crippen molar-refractivity contribution in [1.29, 1.82) is 0 Å². The van der Waals surface area contributed by atoms with E-state index < -0.39 is 10.0 Å². The zero-order valence-corrected chi connectivity index (χ0v) is 18.6. The number of aromatic nitrogens is 3. The number of ether oxygens (including phenoxy) is 1. The molecule has 0 fully saturated rings. The summed E-state index contributed by atoms with van der Waals surface area (Å²) in [7, 11) is -2.46. The van der Waals surface area contributed by atoms with Crippen LogP contribution in [0.25, 0.3) is 11.0 Å². The Morgan fingerprint density at radius 3 is 2.71 bits per heavy atom. The van der Waals surface area contributed by atoms with Gasteiger partial charge in [0.15, 0.2) is 17.2 Å². The Kier molecular flexibility index (Phi) is 5.50. The second-order valence-corrected chi connectivity index (χ2v) is 8.93. The summed E-state index contributed by atoms with van der Waals surface area (Å²) in [6, 6.07) is 9.88. The average Bonchev–Trinajstić information content (AvgIpc) is 3.33. The number of methoxy groups -OCH3 is 1. The van der Waals surface area contributed by atoms with E-state index in [2.05, 4.69) is 25.4 Å². The Balaban J connectivity index is 1.68. The maximum Gasteiger partial charge on any atom is 0.264 e. The highest BCUT2D eigenvalue weighted by molar-refractivity contribution is 7.92. The molecule has 0 saturated heterocycles. The molecule has 0 saturated carbocycles. The quantitative estimate of drug-likeness (QED) is 0.366. The number of aromatic amines is 1. The molecule has 162 valence electrons. The number of hydrogen-bond donors (Lipinski definition) is 3. The number of aryl methyl sites for hydroxylation is 2. The van der Waals surface area contributed by atoms with E-state index in [1.807, 2.05) is 19.9 Å². The first-order chi connectivity index (χ1) is 14.8. The fourth-order valence-corrected chi connectivity index (χ4v) is 4.67. The highest BCUT2D eigenvalue weighted by Crippen LogP contribution is 2.36. The van der Waals surface area contributed by atoms with E-state index in [-0.39, 0.29) is 15.7 Å². The molecule has 11 heteroatoms. The molecule has 31 heavy (non-hydrogen) atoms. The summed E-state index contributed by atoms with van der Waals surface area (Å²) in [6.45, 7) is 3.84. The van der Waals surface area contributed by atoms with Gasteiger partial charge in [0.1, 0.15) is 10.6 Å². The van der Waals surface area contributed by atoms with Crippen LogP contribution in [0.5, 0.6) is 5.75 Å². The minimum atomic E-state index is -3.98. The molecule has 3 N–H and O–H groups in total. The standard InChI is InChI=1S/C20H20ClN5O4S/c1-4-12-8-19(24-23-12)22-15-10-16-13(9-17(15)29-3)20(25-30-16)26-31(27,28)18-6-5-11(2)7-14(18)21/h5-10H,4H2,1-3H3,(H,25,26)(H2,22,23,24). The molecule has 0 atom stereocenters. The van der Waals surface area contributed by atoms with E-state index in [9.17, 15) is 8.42 Å². The third-order valence-electron chi connectivity index (χ3n) is 4.67. The first kappa shape index (κ1) is 21.0. The molecule has 0 bridgehead atoms. The maximum atomic E-state index is 12.8. The van der Waals surface area contributed by atoms with E-state index in [1.54, 1.807) is 24.3 Å². The normalized spacial score (nSPS) is 11.6. The van der Waals surface area contributed by atoms with Crippen LogP contribution < -0.4 is 14.8 Å². The van der Waals surface area contributed by atoms with Gasteiger partial charge in [-0.2, -0.15) is 5.10 Å². The zero-order chi connectivity index (χ0) is 22.2. The van der Waals surface area contributed by atoms with Crippen molar-refractivity contribution < 1.29 is 17.7 Å². The summed E-state index contributed by atoms with van der Waals surface area (Å²) in [5, 5.41) is 14.7. The van der Waals surface area contributed by atoms with Crippen LogP contribution in [0, 0.1) is 6.92 Å². The number of nitrogens with one attached hydrogen (secondary N) is 3. The molecule has 0 radical (unpaired) electrons. The summed E-state index contributed by atoms with van der Waals surface area (Å²) < 4.78 is 38.9. The minimum absolute atomic E-state index is 0.0320. The monoisotopic (exact) mass is 461 g/mol. The van der Waals surface area contributed by atoms with Crippen molar-refractivity contribution in [3.63, 3.8) is 0 Å². The second-order valence-electron chi connectivity index (χ2n) is 6.88. The van der Waals surface area contributed by atoms with E-state index in [0.717, 1.165) is 17.7 Å². The lowest BCUT2D eigenvalue weighted by atomic mass is 10.2. The summed E-state index contributed by atoms with van der Waals surface area (Å²) in [4.78, 5) is -0.0496. The number of anilines is 3. The van der Waals surface area contributed by atoms with Gasteiger partial charge in [0.2, 0.25) is 0 Å². The van der Waals surface area contributed by atoms with E-state index in [1.165, 1.54) is 13.2 Å². The van der Waals surface area contributed by atoms with E-state index in [4.69, 9.17) is 20.9 Å².